The van der Waals surface area contributed by atoms with Crippen LogP contribution in [0, 0.1) is 6.92 Å². The van der Waals surface area contributed by atoms with Crippen LogP contribution < -0.4 is 10.2 Å². The zero-order chi connectivity index (χ0) is 15.5. The average Bonchev–Trinajstić information content (AvgIpc) is 2.95. The second-order valence-corrected chi connectivity index (χ2v) is 6.42. The molecule has 1 N–H and O–H groups in total. The first kappa shape index (κ1) is 14.9. The van der Waals surface area contributed by atoms with Crippen LogP contribution in [0.3, 0.4) is 0 Å². The van der Waals surface area contributed by atoms with Crippen molar-refractivity contribution >= 4 is 28.2 Å². The Morgan fingerprint density at radius 3 is 3.09 bits per heavy atom. The number of thiazole rings is 1. The van der Waals surface area contributed by atoms with Crippen LogP contribution in [0.5, 0.6) is 0 Å². The monoisotopic (exact) mass is 317 g/mol. The Morgan fingerprint density at radius 1 is 1.45 bits per heavy atom. The van der Waals surface area contributed by atoms with Crippen molar-refractivity contribution < 1.29 is 4.79 Å². The molecule has 6 nitrogen and oxygen atoms in total. The van der Waals surface area contributed by atoms with Gasteiger partial charge in [-0.15, -0.1) is 11.3 Å². The molecule has 0 saturated carbocycles. The van der Waals surface area contributed by atoms with Gasteiger partial charge in [0.2, 0.25) is 5.91 Å². The number of nitrogens with one attached hydrogen (secondary N) is 1. The van der Waals surface area contributed by atoms with E-state index in [2.05, 4.69) is 25.2 Å². The second kappa shape index (κ2) is 6.39. The fourth-order valence-electron chi connectivity index (χ4n) is 2.72. The van der Waals surface area contributed by atoms with E-state index in [9.17, 15) is 4.79 Å². The van der Waals surface area contributed by atoms with Crippen molar-refractivity contribution in [1.82, 2.24) is 15.0 Å². The largest absolute Gasteiger partial charge is 0.356 e. The zero-order valence-corrected chi connectivity index (χ0v) is 13.6. The molecule has 1 fully saturated rings. The highest BCUT2D eigenvalue weighted by Crippen LogP contribution is 2.31. The summed E-state index contributed by atoms with van der Waals surface area (Å²) in [6.07, 6.45) is 3.84. The van der Waals surface area contributed by atoms with Gasteiger partial charge in [-0.2, -0.15) is 0 Å². The van der Waals surface area contributed by atoms with Crippen molar-refractivity contribution in [2.24, 2.45) is 0 Å². The van der Waals surface area contributed by atoms with Crippen LogP contribution >= 0.6 is 11.3 Å². The highest BCUT2D eigenvalue weighted by molar-refractivity contribution is 7.13. The van der Waals surface area contributed by atoms with Gasteiger partial charge in [0.15, 0.2) is 5.13 Å². The van der Waals surface area contributed by atoms with Crippen LogP contribution in [-0.2, 0) is 4.79 Å². The number of amides is 1. The minimum absolute atomic E-state index is 0.0809. The summed E-state index contributed by atoms with van der Waals surface area (Å²) in [7, 11) is 0. The lowest BCUT2D eigenvalue weighted by Crippen LogP contribution is -2.35. The van der Waals surface area contributed by atoms with Crippen molar-refractivity contribution in [2.75, 3.05) is 23.3 Å². The first-order chi connectivity index (χ1) is 10.6. The van der Waals surface area contributed by atoms with E-state index in [0.717, 1.165) is 43.1 Å². The molecule has 1 atom stereocenters. The highest BCUT2D eigenvalue weighted by atomic mass is 32.1. The number of hydrogen-bond donors (Lipinski definition) is 1. The summed E-state index contributed by atoms with van der Waals surface area (Å²) in [6, 6.07) is 2.02. The highest BCUT2D eigenvalue weighted by Gasteiger charge is 2.24. The van der Waals surface area contributed by atoms with Gasteiger partial charge in [0.25, 0.3) is 0 Å². The van der Waals surface area contributed by atoms with Gasteiger partial charge in [-0.05, 0) is 19.8 Å². The van der Waals surface area contributed by atoms with Crippen LogP contribution in [0.4, 0.5) is 10.9 Å². The molecule has 22 heavy (non-hydrogen) atoms. The maximum Gasteiger partial charge on any atom is 0.223 e. The van der Waals surface area contributed by atoms with E-state index >= 15 is 0 Å². The minimum atomic E-state index is -0.0809. The Hall–Kier alpha value is -2.02. The Kier molecular flexibility index (Phi) is 4.33. The van der Waals surface area contributed by atoms with Gasteiger partial charge in [0.05, 0.1) is 5.69 Å². The Labute approximate surface area is 133 Å². The lowest BCUT2D eigenvalue weighted by atomic mass is 9.95. The summed E-state index contributed by atoms with van der Waals surface area (Å²) in [4.78, 5) is 26.5. The molecule has 7 heteroatoms. The number of hydrogen-bond acceptors (Lipinski definition) is 6. The molecule has 0 aromatic carbocycles. The summed E-state index contributed by atoms with van der Waals surface area (Å²) >= 11 is 1.48. The first-order valence-electron chi connectivity index (χ1n) is 7.38. The van der Waals surface area contributed by atoms with Crippen LogP contribution in [0.25, 0.3) is 0 Å². The lowest BCUT2D eigenvalue weighted by Gasteiger charge is -2.32. The summed E-state index contributed by atoms with van der Waals surface area (Å²) in [5.74, 6) is 1.28. The van der Waals surface area contributed by atoms with E-state index in [4.69, 9.17) is 0 Å². The number of rotatable bonds is 3. The second-order valence-electron chi connectivity index (χ2n) is 5.56. The number of piperidine rings is 1. The molecule has 3 rings (SSSR count). The number of carbonyl (C=O) groups excluding carboxylic acids is 1. The number of carbonyl (C=O) groups is 1. The Morgan fingerprint density at radius 2 is 2.32 bits per heavy atom. The molecular formula is C15H19N5OS. The summed E-state index contributed by atoms with van der Waals surface area (Å²) in [5.41, 5.74) is 2.04. The average molecular weight is 317 g/mol. The summed E-state index contributed by atoms with van der Waals surface area (Å²) in [5, 5.41) is 5.47. The van der Waals surface area contributed by atoms with Crippen LogP contribution in [0.1, 0.15) is 37.1 Å². The molecule has 0 aliphatic carbocycles. The predicted molar refractivity (Wildman–Crippen MR) is 87.4 cm³/mol. The van der Waals surface area contributed by atoms with E-state index in [1.807, 2.05) is 18.4 Å². The molecule has 0 bridgehead atoms. The zero-order valence-electron chi connectivity index (χ0n) is 12.7. The molecule has 0 radical (unpaired) electrons. The Balaban J connectivity index is 1.72. The number of aryl methyl sites for hydroxylation is 1. The quantitative estimate of drug-likeness (QED) is 0.942. The van der Waals surface area contributed by atoms with Gasteiger partial charge in [-0.1, -0.05) is 0 Å². The third-order valence-corrected chi connectivity index (χ3v) is 4.53. The molecule has 1 aliphatic rings. The normalized spacial score (nSPS) is 18.3. The standard InChI is InChI=1S/C15H19N5OS/c1-10-6-14(17-9-16-10)20-5-3-4-12(7-20)13-8-22-15(19-13)18-11(2)21/h6,8-9,12H,3-5,7H2,1-2H3,(H,18,19,21)/t12-/m0/s1. The van der Waals surface area contributed by atoms with E-state index in [-0.39, 0.29) is 5.91 Å². The third kappa shape index (κ3) is 3.41. The molecule has 1 saturated heterocycles. The van der Waals surface area contributed by atoms with Crippen LogP contribution in [0.2, 0.25) is 0 Å². The minimum Gasteiger partial charge on any atom is -0.356 e. The van der Waals surface area contributed by atoms with Crippen LogP contribution in [0.15, 0.2) is 17.8 Å². The van der Waals surface area contributed by atoms with Gasteiger partial charge in [0, 0.05) is 43.1 Å². The van der Waals surface area contributed by atoms with E-state index in [1.54, 1.807) is 6.33 Å². The van der Waals surface area contributed by atoms with Crippen molar-refractivity contribution in [3.05, 3.63) is 29.2 Å². The van der Waals surface area contributed by atoms with Crippen molar-refractivity contribution in [3.8, 4) is 0 Å². The lowest BCUT2D eigenvalue weighted by molar-refractivity contribution is -0.114. The van der Waals surface area contributed by atoms with Crippen molar-refractivity contribution in [2.45, 2.75) is 32.6 Å². The van der Waals surface area contributed by atoms with Crippen molar-refractivity contribution in [1.29, 1.82) is 0 Å². The first-order valence-corrected chi connectivity index (χ1v) is 8.26. The number of aromatic nitrogens is 3. The van der Waals surface area contributed by atoms with E-state index in [0.29, 0.717) is 11.0 Å². The number of anilines is 2. The summed E-state index contributed by atoms with van der Waals surface area (Å²) in [6.45, 7) is 5.39. The topological polar surface area (TPSA) is 71.0 Å². The molecule has 3 heterocycles. The fraction of sp³-hybridized carbons (Fsp3) is 0.467. The SMILES string of the molecule is CC(=O)Nc1nc([C@H]2CCCN(c3cc(C)ncn3)C2)cs1. The van der Waals surface area contributed by atoms with Gasteiger partial charge in [-0.3, -0.25) is 4.79 Å². The predicted octanol–water partition coefficient (Wildman–Crippen LogP) is 2.58. The van der Waals surface area contributed by atoms with Gasteiger partial charge in [0.1, 0.15) is 12.1 Å². The van der Waals surface area contributed by atoms with Gasteiger partial charge >= 0.3 is 0 Å². The molecule has 0 unspecified atom stereocenters. The van der Waals surface area contributed by atoms with Gasteiger partial charge < -0.3 is 10.2 Å². The fourth-order valence-corrected chi connectivity index (χ4v) is 3.56. The Bertz CT molecular complexity index is 671. The smallest absolute Gasteiger partial charge is 0.223 e. The van der Waals surface area contributed by atoms with Gasteiger partial charge in [-0.25, -0.2) is 15.0 Å². The molecule has 116 valence electrons. The van der Waals surface area contributed by atoms with Crippen molar-refractivity contribution in [3.63, 3.8) is 0 Å². The van der Waals surface area contributed by atoms with E-state index in [1.165, 1.54) is 18.3 Å². The molecule has 1 amide bonds. The molecule has 2 aromatic rings. The van der Waals surface area contributed by atoms with E-state index < -0.39 is 0 Å². The maximum atomic E-state index is 11.1. The molecule has 2 aromatic heterocycles. The molecular weight excluding hydrogens is 298 g/mol. The number of nitrogens with zero attached hydrogens (tertiary/aromatic N) is 4. The van der Waals surface area contributed by atoms with Crippen LogP contribution in [-0.4, -0.2) is 33.9 Å². The summed E-state index contributed by atoms with van der Waals surface area (Å²) < 4.78 is 0. The molecule has 0 spiro atoms. The molecule has 1 aliphatic heterocycles. The third-order valence-electron chi connectivity index (χ3n) is 3.76. The maximum absolute atomic E-state index is 11.1.